The Labute approximate surface area is 232 Å². The quantitative estimate of drug-likeness (QED) is 0.311. The molecule has 1 fully saturated rings. The number of pyridine rings is 1. The molecular formula is C28H35N7O3S. The molecule has 0 spiro atoms. The number of thiophene rings is 1. The molecule has 0 bridgehead atoms. The summed E-state index contributed by atoms with van der Waals surface area (Å²) in [5.74, 6) is 0.500. The van der Waals surface area contributed by atoms with Gasteiger partial charge in [-0.15, -0.1) is 11.3 Å². The summed E-state index contributed by atoms with van der Waals surface area (Å²) in [4.78, 5) is 28.7. The van der Waals surface area contributed by atoms with Crippen molar-refractivity contribution in [2.75, 3.05) is 50.8 Å². The zero-order valence-corrected chi connectivity index (χ0v) is 23.4. The van der Waals surface area contributed by atoms with Gasteiger partial charge in [-0.25, -0.2) is 14.5 Å². The molecule has 1 amide bonds. The van der Waals surface area contributed by atoms with E-state index in [1.54, 1.807) is 28.1 Å². The van der Waals surface area contributed by atoms with Crippen LogP contribution in [-0.4, -0.2) is 93.6 Å². The van der Waals surface area contributed by atoms with Crippen LogP contribution in [-0.2, 0) is 4.74 Å². The van der Waals surface area contributed by atoms with Gasteiger partial charge in [0.1, 0.15) is 5.82 Å². The molecule has 0 aromatic carbocycles. The predicted molar refractivity (Wildman–Crippen MR) is 153 cm³/mol. The van der Waals surface area contributed by atoms with Crippen LogP contribution in [0.25, 0.3) is 27.5 Å². The molecule has 4 aromatic heterocycles. The first-order valence-corrected chi connectivity index (χ1v) is 14.3. The molecule has 0 radical (unpaired) electrons. The largest absolute Gasteiger partial charge is 0.394 e. The number of anilines is 1. The van der Waals surface area contributed by atoms with Crippen LogP contribution in [0.5, 0.6) is 0 Å². The summed E-state index contributed by atoms with van der Waals surface area (Å²) < 4.78 is 7.37. The first-order chi connectivity index (χ1) is 19.0. The lowest BCUT2D eigenvalue weighted by atomic mass is 10.1. The van der Waals surface area contributed by atoms with E-state index >= 15 is 0 Å². The van der Waals surface area contributed by atoms with Gasteiger partial charge in [-0.2, -0.15) is 5.10 Å². The SMILES string of the molecule is CCN(CC)[C@@H](C)CNC(=O)c1cc(-c2cnn3ccc(-c4cccs4)nc23)nc(N2CCO[C@H](CO)C2)c1. The maximum absolute atomic E-state index is 13.4. The van der Waals surface area contributed by atoms with Gasteiger partial charge in [0.2, 0.25) is 0 Å². The molecule has 0 saturated carbocycles. The number of hydrogen-bond donors (Lipinski definition) is 2. The van der Waals surface area contributed by atoms with Gasteiger partial charge in [0.25, 0.3) is 5.91 Å². The van der Waals surface area contributed by atoms with Gasteiger partial charge in [-0.3, -0.25) is 9.69 Å². The second-order valence-corrected chi connectivity index (χ2v) is 10.6. The first kappa shape index (κ1) is 27.2. The second kappa shape index (κ2) is 12.2. The number of hydrogen-bond acceptors (Lipinski definition) is 9. The minimum Gasteiger partial charge on any atom is -0.394 e. The predicted octanol–water partition coefficient (Wildman–Crippen LogP) is 3.18. The van der Waals surface area contributed by atoms with Crippen molar-refractivity contribution in [1.82, 2.24) is 29.8 Å². The molecule has 4 aromatic rings. The van der Waals surface area contributed by atoms with E-state index in [1.165, 1.54) is 0 Å². The highest BCUT2D eigenvalue weighted by Crippen LogP contribution is 2.29. The van der Waals surface area contributed by atoms with Crippen LogP contribution in [0, 0.1) is 0 Å². The lowest BCUT2D eigenvalue weighted by molar-refractivity contribution is 0.00336. The van der Waals surface area contributed by atoms with Crippen LogP contribution in [0.3, 0.4) is 0 Å². The van der Waals surface area contributed by atoms with E-state index in [0.717, 1.165) is 29.2 Å². The zero-order chi connectivity index (χ0) is 27.4. The highest BCUT2D eigenvalue weighted by atomic mass is 32.1. The number of amides is 1. The molecule has 0 aliphatic carbocycles. The molecule has 1 saturated heterocycles. The maximum Gasteiger partial charge on any atom is 0.251 e. The number of ether oxygens (including phenoxy) is 1. The van der Waals surface area contributed by atoms with Gasteiger partial charge < -0.3 is 20.1 Å². The van der Waals surface area contributed by atoms with E-state index in [0.29, 0.717) is 49.0 Å². The van der Waals surface area contributed by atoms with Gasteiger partial charge >= 0.3 is 0 Å². The van der Waals surface area contributed by atoms with Crippen LogP contribution < -0.4 is 10.2 Å². The lowest BCUT2D eigenvalue weighted by Crippen LogP contribution is -2.44. The number of carbonyl (C=O) groups is 1. The fraction of sp³-hybridized carbons (Fsp3) is 0.429. The molecule has 5 rings (SSSR count). The molecule has 1 aliphatic rings. The van der Waals surface area contributed by atoms with Crippen molar-refractivity contribution >= 4 is 28.7 Å². The summed E-state index contributed by atoms with van der Waals surface area (Å²) in [6.07, 6.45) is 3.33. The Morgan fingerprint density at radius 3 is 2.85 bits per heavy atom. The fourth-order valence-corrected chi connectivity index (χ4v) is 5.61. The van der Waals surface area contributed by atoms with Gasteiger partial charge in [0.15, 0.2) is 5.65 Å². The minimum absolute atomic E-state index is 0.0732. The molecule has 11 heteroatoms. The van der Waals surface area contributed by atoms with E-state index in [-0.39, 0.29) is 24.7 Å². The molecular weight excluding hydrogens is 514 g/mol. The summed E-state index contributed by atoms with van der Waals surface area (Å²) in [6.45, 7) is 10.3. The highest BCUT2D eigenvalue weighted by molar-refractivity contribution is 7.13. The van der Waals surface area contributed by atoms with E-state index in [1.807, 2.05) is 35.8 Å². The van der Waals surface area contributed by atoms with Crippen molar-refractivity contribution in [2.24, 2.45) is 0 Å². The first-order valence-electron chi connectivity index (χ1n) is 13.4. The highest BCUT2D eigenvalue weighted by Gasteiger charge is 2.24. The number of morpholine rings is 1. The Bertz CT molecular complexity index is 1400. The average molecular weight is 550 g/mol. The molecule has 39 heavy (non-hydrogen) atoms. The van der Waals surface area contributed by atoms with Crippen LogP contribution in [0.15, 0.2) is 48.1 Å². The molecule has 2 atom stereocenters. The van der Waals surface area contributed by atoms with Crippen LogP contribution in [0.1, 0.15) is 31.1 Å². The second-order valence-electron chi connectivity index (χ2n) is 9.62. The number of aliphatic hydroxyl groups excluding tert-OH is 1. The third-order valence-corrected chi connectivity index (χ3v) is 8.05. The van der Waals surface area contributed by atoms with E-state index in [4.69, 9.17) is 14.7 Å². The van der Waals surface area contributed by atoms with Crippen molar-refractivity contribution in [3.05, 3.63) is 53.7 Å². The molecule has 10 nitrogen and oxygen atoms in total. The van der Waals surface area contributed by atoms with Crippen molar-refractivity contribution < 1.29 is 14.6 Å². The van der Waals surface area contributed by atoms with Crippen LogP contribution in [0.2, 0.25) is 0 Å². The number of nitrogens with zero attached hydrogens (tertiary/aromatic N) is 6. The van der Waals surface area contributed by atoms with Gasteiger partial charge in [0, 0.05) is 37.4 Å². The number of rotatable bonds is 10. The van der Waals surface area contributed by atoms with Crippen LogP contribution in [0.4, 0.5) is 5.82 Å². The Balaban J connectivity index is 1.52. The fourth-order valence-electron chi connectivity index (χ4n) is 4.91. The van der Waals surface area contributed by atoms with Gasteiger partial charge in [-0.1, -0.05) is 19.9 Å². The average Bonchev–Trinajstić information content (AvgIpc) is 3.66. The normalized spacial score (nSPS) is 16.6. The van der Waals surface area contributed by atoms with E-state index in [2.05, 4.69) is 41.0 Å². The van der Waals surface area contributed by atoms with E-state index < -0.39 is 0 Å². The molecule has 5 heterocycles. The molecule has 206 valence electrons. The Hall–Kier alpha value is -3.38. The zero-order valence-electron chi connectivity index (χ0n) is 22.6. The summed E-state index contributed by atoms with van der Waals surface area (Å²) in [5.41, 5.74) is 3.41. The number of nitrogens with one attached hydrogen (secondary N) is 1. The number of aromatic nitrogens is 4. The third-order valence-electron chi connectivity index (χ3n) is 7.15. The summed E-state index contributed by atoms with van der Waals surface area (Å²) in [7, 11) is 0. The van der Waals surface area contributed by atoms with Crippen molar-refractivity contribution in [3.63, 3.8) is 0 Å². The summed E-state index contributed by atoms with van der Waals surface area (Å²) in [6, 6.07) is 9.82. The summed E-state index contributed by atoms with van der Waals surface area (Å²) in [5, 5.41) is 19.3. The molecule has 2 N–H and O–H groups in total. The standard InChI is InChI=1S/C28H35N7O3S/c1-4-33(5-2)19(3)15-29-28(37)20-13-24(31-26(14-20)34-10-11-38-21(17-34)18-36)22-16-30-35-9-8-23(32-27(22)35)25-7-6-12-39-25/h6-9,12-14,16,19,21,36H,4-5,10-11,15,17-18H2,1-3H3,(H,29,37)/t19-,21-/m0/s1. The van der Waals surface area contributed by atoms with Crippen molar-refractivity contribution in [2.45, 2.75) is 32.9 Å². The molecule has 1 aliphatic heterocycles. The summed E-state index contributed by atoms with van der Waals surface area (Å²) >= 11 is 1.63. The molecule has 0 unspecified atom stereocenters. The van der Waals surface area contributed by atoms with Gasteiger partial charge in [0.05, 0.1) is 47.3 Å². The van der Waals surface area contributed by atoms with Gasteiger partial charge in [-0.05, 0) is 49.7 Å². The number of aliphatic hydroxyl groups is 1. The van der Waals surface area contributed by atoms with E-state index in [9.17, 15) is 9.90 Å². The maximum atomic E-state index is 13.4. The Morgan fingerprint density at radius 1 is 1.26 bits per heavy atom. The van der Waals surface area contributed by atoms with Crippen molar-refractivity contribution in [3.8, 4) is 21.8 Å². The van der Waals surface area contributed by atoms with Crippen molar-refractivity contribution in [1.29, 1.82) is 0 Å². The Morgan fingerprint density at radius 2 is 2.10 bits per heavy atom. The number of fused-ring (bicyclic) bond motifs is 1. The third kappa shape index (κ3) is 5.96. The minimum atomic E-state index is -0.302. The Kier molecular flexibility index (Phi) is 8.51. The number of carbonyl (C=O) groups excluding carboxylic acids is 1. The lowest BCUT2D eigenvalue weighted by Gasteiger charge is -2.33. The topological polar surface area (TPSA) is 108 Å². The monoisotopic (exact) mass is 549 g/mol. The van der Waals surface area contributed by atoms with Crippen LogP contribution >= 0.6 is 11.3 Å². The smallest absolute Gasteiger partial charge is 0.251 e. The number of likely N-dealkylation sites (N-methyl/N-ethyl adjacent to an activating group) is 1.